The van der Waals surface area contributed by atoms with Gasteiger partial charge in [-0.1, -0.05) is 6.07 Å². The molecule has 21 heavy (non-hydrogen) atoms. The number of nitrogens with two attached hydrogens (primary N) is 1. The van der Waals surface area contributed by atoms with E-state index < -0.39 is 11.6 Å². The summed E-state index contributed by atoms with van der Waals surface area (Å²) in [6.45, 7) is 0. The van der Waals surface area contributed by atoms with Crippen LogP contribution in [0, 0.1) is 11.6 Å². The molecule has 3 rings (SSSR count). The van der Waals surface area contributed by atoms with Crippen LogP contribution in [0.15, 0.2) is 40.9 Å². The zero-order valence-electron chi connectivity index (χ0n) is 10.5. The molecule has 0 amide bonds. The lowest BCUT2D eigenvalue weighted by Crippen LogP contribution is -2.05. The Morgan fingerprint density at radius 2 is 1.95 bits per heavy atom. The SMILES string of the molecule is Nc1ccc(F)cc1-c1nnnn1-c1c(F)cccc1Br. The highest BCUT2D eigenvalue weighted by Crippen LogP contribution is 2.30. The predicted octanol–water partition coefficient (Wildman–Crippen LogP) is 2.95. The van der Waals surface area contributed by atoms with Gasteiger partial charge in [-0.15, -0.1) is 5.10 Å². The Labute approximate surface area is 126 Å². The maximum Gasteiger partial charge on any atom is 0.189 e. The number of hydrogen-bond acceptors (Lipinski definition) is 4. The molecular weight excluding hydrogens is 344 g/mol. The molecule has 3 aromatic rings. The highest BCUT2D eigenvalue weighted by molar-refractivity contribution is 9.10. The van der Waals surface area contributed by atoms with Gasteiger partial charge in [-0.2, -0.15) is 4.68 Å². The van der Waals surface area contributed by atoms with Crippen molar-refractivity contribution >= 4 is 21.6 Å². The summed E-state index contributed by atoms with van der Waals surface area (Å²) in [6.07, 6.45) is 0. The molecule has 8 heteroatoms. The molecule has 0 aliphatic carbocycles. The lowest BCUT2D eigenvalue weighted by Gasteiger charge is -2.09. The summed E-state index contributed by atoms with van der Waals surface area (Å²) in [5, 5.41) is 11.1. The molecule has 0 atom stereocenters. The van der Waals surface area contributed by atoms with Gasteiger partial charge in [0.15, 0.2) is 5.82 Å². The van der Waals surface area contributed by atoms with Crippen LogP contribution in [0.1, 0.15) is 0 Å². The maximum atomic E-state index is 14.0. The summed E-state index contributed by atoms with van der Waals surface area (Å²) in [5.74, 6) is -0.855. The van der Waals surface area contributed by atoms with Gasteiger partial charge in [-0.25, -0.2) is 8.78 Å². The number of hydrogen-bond donors (Lipinski definition) is 1. The first-order chi connectivity index (χ1) is 10.1. The number of rotatable bonds is 2. The van der Waals surface area contributed by atoms with Gasteiger partial charge in [0.1, 0.15) is 17.3 Å². The first-order valence-electron chi connectivity index (χ1n) is 5.86. The fourth-order valence-electron chi connectivity index (χ4n) is 1.92. The third-order valence-electron chi connectivity index (χ3n) is 2.88. The van der Waals surface area contributed by atoms with E-state index in [0.717, 1.165) is 0 Å². The Balaban J connectivity index is 2.25. The summed E-state index contributed by atoms with van der Waals surface area (Å²) in [4.78, 5) is 0. The Morgan fingerprint density at radius 1 is 1.14 bits per heavy atom. The number of tetrazole rings is 1. The minimum absolute atomic E-state index is 0.126. The lowest BCUT2D eigenvalue weighted by molar-refractivity contribution is 0.606. The Hall–Kier alpha value is -2.35. The van der Waals surface area contributed by atoms with E-state index >= 15 is 0 Å². The van der Waals surface area contributed by atoms with Crippen molar-refractivity contribution in [1.29, 1.82) is 0 Å². The molecule has 0 saturated carbocycles. The van der Waals surface area contributed by atoms with Crippen LogP contribution in [0.2, 0.25) is 0 Å². The molecule has 5 nitrogen and oxygen atoms in total. The Kier molecular flexibility index (Phi) is 3.38. The van der Waals surface area contributed by atoms with Crippen LogP contribution in [0.25, 0.3) is 17.1 Å². The normalized spacial score (nSPS) is 10.8. The van der Waals surface area contributed by atoms with E-state index in [1.165, 1.54) is 28.9 Å². The predicted molar refractivity (Wildman–Crippen MR) is 76.6 cm³/mol. The van der Waals surface area contributed by atoms with Crippen molar-refractivity contribution < 1.29 is 8.78 Å². The van der Waals surface area contributed by atoms with Gasteiger partial charge in [0.05, 0.1) is 0 Å². The molecule has 0 aliphatic heterocycles. The summed E-state index contributed by atoms with van der Waals surface area (Å²) >= 11 is 3.25. The van der Waals surface area contributed by atoms with Gasteiger partial charge in [0.25, 0.3) is 0 Å². The number of anilines is 1. The zero-order chi connectivity index (χ0) is 15.0. The average molecular weight is 352 g/mol. The summed E-state index contributed by atoms with van der Waals surface area (Å²) in [6, 6.07) is 8.31. The quantitative estimate of drug-likeness (QED) is 0.720. The van der Waals surface area contributed by atoms with E-state index in [-0.39, 0.29) is 17.1 Å². The smallest absolute Gasteiger partial charge is 0.189 e. The molecular formula is C13H8BrF2N5. The van der Waals surface area contributed by atoms with E-state index in [9.17, 15) is 8.78 Å². The fourth-order valence-corrected chi connectivity index (χ4v) is 2.43. The molecule has 0 unspecified atom stereocenters. The first-order valence-corrected chi connectivity index (χ1v) is 6.65. The van der Waals surface area contributed by atoms with Crippen molar-refractivity contribution in [2.45, 2.75) is 0 Å². The van der Waals surface area contributed by atoms with E-state index in [1.807, 2.05) is 0 Å². The van der Waals surface area contributed by atoms with Gasteiger partial charge < -0.3 is 5.73 Å². The van der Waals surface area contributed by atoms with Crippen molar-refractivity contribution in [1.82, 2.24) is 20.2 Å². The number of nitrogen functional groups attached to an aromatic ring is 1. The van der Waals surface area contributed by atoms with E-state index in [0.29, 0.717) is 10.2 Å². The molecule has 106 valence electrons. The van der Waals surface area contributed by atoms with Crippen molar-refractivity contribution in [3.63, 3.8) is 0 Å². The average Bonchev–Trinajstić information content (AvgIpc) is 2.90. The standard InChI is InChI=1S/C13H8BrF2N5/c14-9-2-1-3-10(16)12(9)21-13(18-19-20-21)8-6-7(15)4-5-11(8)17/h1-6H,17H2. The fraction of sp³-hybridized carbons (Fsp3) is 0. The van der Waals surface area contributed by atoms with Gasteiger partial charge in [-0.05, 0) is 56.7 Å². The number of para-hydroxylation sites is 1. The molecule has 0 bridgehead atoms. The second-order valence-corrected chi connectivity index (χ2v) is 5.07. The number of nitrogens with zero attached hydrogens (tertiary/aromatic N) is 4. The van der Waals surface area contributed by atoms with E-state index in [1.54, 1.807) is 12.1 Å². The van der Waals surface area contributed by atoms with Gasteiger partial charge in [0, 0.05) is 15.7 Å². The van der Waals surface area contributed by atoms with E-state index in [2.05, 4.69) is 31.5 Å². The van der Waals surface area contributed by atoms with Crippen LogP contribution < -0.4 is 5.73 Å². The van der Waals surface area contributed by atoms with Crippen LogP contribution in [-0.4, -0.2) is 20.2 Å². The molecule has 2 N–H and O–H groups in total. The van der Waals surface area contributed by atoms with Crippen molar-refractivity contribution in [3.8, 4) is 17.1 Å². The van der Waals surface area contributed by atoms with Crippen LogP contribution in [0.4, 0.5) is 14.5 Å². The number of halogens is 3. The molecule has 0 aliphatic rings. The Morgan fingerprint density at radius 3 is 2.71 bits per heavy atom. The Bertz CT molecular complexity index is 798. The topological polar surface area (TPSA) is 69.6 Å². The lowest BCUT2D eigenvalue weighted by atomic mass is 10.1. The minimum Gasteiger partial charge on any atom is -0.398 e. The van der Waals surface area contributed by atoms with Gasteiger partial charge in [-0.3, -0.25) is 0 Å². The summed E-state index contributed by atoms with van der Waals surface area (Å²) < 4.78 is 29.1. The van der Waals surface area contributed by atoms with Crippen LogP contribution in [0.5, 0.6) is 0 Å². The number of aromatic nitrogens is 4. The molecule has 1 heterocycles. The largest absolute Gasteiger partial charge is 0.398 e. The van der Waals surface area contributed by atoms with Gasteiger partial charge >= 0.3 is 0 Å². The van der Waals surface area contributed by atoms with Crippen LogP contribution in [0.3, 0.4) is 0 Å². The molecule has 0 fully saturated rings. The molecule has 0 spiro atoms. The van der Waals surface area contributed by atoms with Crippen molar-refractivity contribution in [2.75, 3.05) is 5.73 Å². The highest BCUT2D eigenvalue weighted by atomic mass is 79.9. The minimum atomic E-state index is -0.520. The third-order valence-corrected chi connectivity index (χ3v) is 3.52. The summed E-state index contributed by atoms with van der Waals surface area (Å²) in [5.41, 5.74) is 6.53. The summed E-state index contributed by atoms with van der Waals surface area (Å²) in [7, 11) is 0. The number of benzene rings is 2. The van der Waals surface area contributed by atoms with Crippen LogP contribution >= 0.6 is 15.9 Å². The van der Waals surface area contributed by atoms with E-state index in [4.69, 9.17) is 5.73 Å². The molecule has 0 saturated heterocycles. The molecule has 2 aromatic carbocycles. The zero-order valence-corrected chi connectivity index (χ0v) is 12.1. The molecule has 0 radical (unpaired) electrons. The monoisotopic (exact) mass is 351 g/mol. The molecule has 1 aromatic heterocycles. The van der Waals surface area contributed by atoms with Crippen molar-refractivity contribution in [2.24, 2.45) is 0 Å². The first kappa shape index (κ1) is 13.6. The van der Waals surface area contributed by atoms with Gasteiger partial charge in [0.2, 0.25) is 0 Å². The van der Waals surface area contributed by atoms with Crippen LogP contribution in [-0.2, 0) is 0 Å². The maximum absolute atomic E-state index is 14.0. The highest BCUT2D eigenvalue weighted by Gasteiger charge is 2.18. The third kappa shape index (κ3) is 2.38. The van der Waals surface area contributed by atoms with Crippen molar-refractivity contribution in [3.05, 3.63) is 52.5 Å². The second kappa shape index (κ2) is 5.21. The second-order valence-electron chi connectivity index (χ2n) is 4.22.